The zero-order valence-electron chi connectivity index (χ0n) is 17.0. The second-order valence-corrected chi connectivity index (χ2v) is 7.72. The van der Waals surface area contributed by atoms with Crippen LogP contribution in [0.4, 0.5) is 4.39 Å². The van der Waals surface area contributed by atoms with Gasteiger partial charge in [-0.3, -0.25) is 10.2 Å². The van der Waals surface area contributed by atoms with Gasteiger partial charge in [-0.2, -0.15) is 0 Å². The van der Waals surface area contributed by atoms with Crippen molar-refractivity contribution in [2.24, 2.45) is 0 Å². The van der Waals surface area contributed by atoms with Crippen LogP contribution < -0.4 is 14.9 Å². The Morgan fingerprint density at radius 3 is 2.84 bits per heavy atom. The summed E-state index contributed by atoms with van der Waals surface area (Å²) in [5.74, 6) is 0.521. The Bertz CT molecular complexity index is 1050. The molecule has 0 atom stereocenters. The summed E-state index contributed by atoms with van der Waals surface area (Å²) >= 11 is 1.38. The predicted molar refractivity (Wildman–Crippen MR) is 115 cm³/mol. The molecule has 0 radical (unpaired) electrons. The number of rotatable bonds is 7. The molecule has 31 heavy (non-hydrogen) atoms. The summed E-state index contributed by atoms with van der Waals surface area (Å²) in [7, 11) is 1.55. The number of carbonyl (C=O) groups excluding carboxylic acids is 1. The van der Waals surface area contributed by atoms with Crippen molar-refractivity contribution in [1.29, 1.82) is 0 Å². The average Bonchev–Trinajstić information content (AvgIpc) is 3.29. The highest BCUT2D eigenvalue weighted by molar-refractivity contribution is 7.13. The second-order valence-electron chi connectivity index (χ2n) is 6.86. The minimum absolute atomic E-state index is 0.219. The lowest BCUT2D eigenvalue weighted by atomic mass is 10.2. The van der Waals surface area contributed by atoms with Crippen LogP contribution in [0.1, 0.15) is 16.1 Å². The fourth-order valence-corrected chi connectivity index (χ4v) is 3.89. The summed E-state index contributed by atoms with van der Waals surface area (Å²) in [5.41, 5.74) is 4.75. The van der Waals surface area contributed by atoms with Crippen molar-refractivity contribution < 1.29 is 23.4 Å². The fourth-order valence-electron chi connectivity index (χ4n) is 3.09. The molecule has 162 valence electrons. The van der Waals surface area contributed by atoms with E-state index in [1.165, 1.54) is 23.5 Å². The molecule has 1 N–H and O–H groups in total. The van der Waals surface area contributed by atoms with Crippen LogP contribution in [0.3, 0.4) is 0 Å². The monoisotopic (exact) mass is 443 g/mol. The second kappa shape index (κ2) is 9.86. The van der Waals surface area contributed by atoms with E-state index in [9.17, 15) is 9.18 Å². The van der Waals surface area contributed by atoms with Crippen molar-refractivity contribution in [3.8, 4) is 22.1 Å². The first-order valence-electron chi connectivity index (χ1n) is 9.77. The number of halogens is 1. The Labute approximate surface area is 183 Å². The van der Waals surface area contributed by atoms with Crippen LogP contribution in [0.15, 0.2) is 47.8 Å². The number of benzene rings is 2. The Morgan fingerprint density at radius 2 is 2.06 bits per heavy atom. The van der Waals surface area contributed by atoms with Gasteiger partial charge in [0.1, 0.15) is 23.1 Å². The molecule has 0 aliphatic carbocycles. The molecule has 1 saturated heterocycles. The molecule has 1 amide bonds. The number of hydrogen-bond acceptors (Lipinski definition) is 7. The van der Waals surface area contributed by atoms with Crippen molar-refractivity contribution in [1.82, 2.24) is 15.4 Å². The minimum atomic E-state index is -0.305. The third-order valence-electron chi connectivity index (χ3n) is 4.70. The van der Waals surface area contributed by atoms with Crippen LogP contribution in [-0.4, -0.2) is 49.3 Å². The van der Waals surface area contributed by atoms with Crippen LogP contribution in [-0.2, 0) is 11.3 Å². The van der Waals surface area contributed by atoms with Gasteiger partial charge in [0, 0.05) is 24.0 Å². The third kappa shape index (κ3) is 5.38. The molecule has 9 heteroatoms. The number of nitrogens with zero attached hydrogens (tertiary/aromatic N) is 2. The molecule has 1 aromatic heterocycles. The van der Waals surface area contributed by atoms with Gasteiger partial charge in [0.25, 0.3) is 5.91 Å². The van der Waals surface area contributed by atoms with Gasteiger partial charge in [0.15, 0.2) is 11.5 Å². The van der Waals surface area contributed by atoms with Crippen LogP contribution in [0.25, 0.3) is 10.6 Å². The largest absolute Gasteiger partial charge is 0.493 e. The standard InChI is InChI=1S/C22H22FN3O4S/c1-28-20-12-16(5-6-19(20)30-13-15-3-2-4-17(23)11-15)22-24-18(14-31-22)21(27)25-26-7-9-29-10-8-26/h2-6,11-12,14H,7-10,13H2,1H3,(H,25,27). The summed E-state index contributed by atoms with van der Waals surface area (Å²) in [6.07, 6.45) is 0. The highest BCUT2D eigenvalue weighted by Crippen LogP contribution is 2.34. The third-order valence-corrected chi connectivity index (χ3v) is 5.59. The Morgan fingerprint density at radius 1 is 1.23 bits per heavy atom. The molecular formula is C22H22FN3O4S. The van der Waals surface area contributed by atoms with Gasteiger partial charge < -0.3 is 14.2 Å². The van der Waals surface area contributed by atoms with Gasteiger partial charge in [0.05, 0.1) is 20.3 Å². The maximum atomic E-state index is 13.3. The number of morpholine rings is 1. The smallest absolute Gasteiger partial charge is 0.285 e. The number of ether oxygens (including phenoxy) is 3. The van der Waals surface area contributed by atoms with E-state index in [2.05, 4.69) is 10.4 Å². The van der Waals surface area contributed by atoms with E-state index in [1.807, 2.05) is 17.1 Å². The van der Waals surface area contributed by atoms with Gasteiger partial charge in [-0.25, -0.2) is 14.4 Å². The molecule has 0 saturated carbocycles. The van der Waals surface area contributed by atoms with Crippen LogP contribution in [0.5, 0.6) is 11.5 Å². The number of amides is 1. The first-order valence-corrected chi connectivity index (χ1v) is 10.7. The summed E-state index contributed by atoms with van der Waals surface area (Å²) in [6.45, 7) is 2.71. The Kier molecular flexibility index (Phi) is 6.76. The summed E-state index contributed by atoms with van der Waals surface area (Å²) in [5, 5.41) is 4.26. The van der Waals surface area contributed by atoms with E-state index in [1.54, 1.807) is 30.7 Å². The summed E-state index contributed by atoms with van der Waals surface area (Å²) in [4.78, 5) is 16.9. The first-order chi connectivity index (χ1) is 15.1. The van der Waals surface area contributed by atoms with E-state index in [-0.39, 0.29) is 18.3 Å². The maximum Gasteiger partial charge on any atom is 0.285 e. The van der Waals surface area contributed by atoms with E-state index < -0.39 is 0 Å². The normalized spacial score (nSPS) is 14.3. The number of methoxy groups -OCH3 is 1. The molecule has 0 spiro atoms. The molecule has 2 heterocycles. The predicted octanol–water partition coefficient (Wildman–Crippen LogP) is 3.51. The maximum absolute atomic E-state index is 13.3. The summed E-state index contributed by atoms with van der Waals surface area (Å²) in [6, 6.07) is 11.7. The lowest BCUT2D eigenvalue weighted by Crippen LogP contribution is -2.48. The van der Waals surface area contributed by atoms with Crippen LogP contribution >= 0.6 is 11.3 Å². The average molecular weight is 444 g/mol. The number of aromatic nitrogens is 1. The highest BCUT2D eigenvalue weighted by Gasteiger charge is 2.18. The molecular weight excluding hydrogens is 421 g/mol. The van der Waals surface area contributed by atoms with Crippen LogP contribution in [0, 0.1) is 5.82 Å². The molecule has 4 rings (SSSR count). The zero-order chi connectivity index (χ0) is 21.6. The number of nitrogens with one attached hydrogen (secondary N) is 1. The summed E-state index contributed by atoms with van der Waals surface area (Å²) < 4.78 is 29.9. The molecule has 1 fully saturated rings. The minimum Gasteiger partial charge on any atom is -0.493 e. The van der Waals surface area contributed by atoms with Gasteiger partial charge in [-0.15, -0.1) is 11.3 Å². The number of thiazole rings is 1. The van der Waals surface area contributed by atoms with Crippen LogP contribution in [0.2, 0.25) is 0 Å². The van der Waals surface area contributed by atoms with E-state index in [0.717, 1.165) is 11.1 Å². The van der Waals surface area contributed by atoms with E-state index in [0.29, 0.717) is 48.5 Å². The van der Waals surface area contributed by atoms with Crippen molar-refractivity contribution in [3.05, 3.63) is 64.9 Å². The van der Waals surface area contributed by atoms with Gasteiger partial charge in [0.2, 0.25) is 0 Å². The quantitative estimate of drug-likeness (QED) is 0.603. The lowest BCUT2D eigenvalue weighted by molar-refractivity contribution is 0.0125. The van der Waals surface area contributed by atoms with Gasteiger partial charge >= 0.3 is 0 Å². The van der Waals surface area contributed by atoms with E-state index >= 15 is 0 Å². The molecule has 7 nitrogen and oxygen atoms in total. The first kappa shape index (κ1) is 21.2. The molecule has 1 aliphatic rings. The molecule has 0 bridgehead atoms. The molecule has 1 aliphatic heterocycles. The molecule has 2 aromatic carbocycles. The van der Waals surface area contributed by atoms with E-state index in [4.69, 9.17) is 14.2 Å². The van der Waals surface area contributed by atoms with Gasteiger partial charge in [-0.05, 0) is 35.9 Å². The number of carbonyl (C=O) groups is 1. The van der Waals surface area contributed by atoms with Crippen molar-refractivity contribution in [2.45, 2.75) is 6.61 Å². The molecule has 3 aromatic rings. The Hall–Kier alpha value is -3.01. The SMILES string of the molecule is COc1cc(-c2nc(C(=O)NN3CCOCC3)cs2)ccc1OCc1cccc(F)c1. The zero-order valence-corrected chi connectivity index (χ0v) is 17.8. The van der Waals surface area contributed by atoms with Crippen molar-refractivity contribution in [2.75, 3.05) is 33.4 Å². The lowest BCUT2D eigenvalue weighted by Gasteiger charge is -2.26. The van der Waals surface area contributed by atoms with Crippen molar-refractivity contribution in [3.63, 3.8) is 0 Å². The van der Waals surface area contributed by atoms with Gasteiger partial charge in [-0.1, -0.05) is 12.1 Å². The van der Waals surface area contributed by atoms with Crippen molar-refractivity contribution >= 4 is 17.2 Å². The topological polar surface area (TPSA) is 72.9 Å². The fraction of sp³-hybridized carbons (Fsp3) is 0.273. The Balaban J connectivity index is 1.44. The molecule has 0 unspecified atom stereocenters. The number of hydrogen-bond donors (Lipinski definition) is 1. The highest BCUT2D eigenvalue weighted by atomic mass is 32.1. The number of hydrazine groups is 1.